The van der Waals surface area contributed by atoms with Crippen molar-refractivity contribution in [1.29, 1.82) is 0 Å². The summed E-state index contributed by atoms with van der Waals surface area (Å²) >= 11 is 0. The van der Waals surface area contributed by atoms with Gasteiger partial charge in [0.05, 0.1) is 0 Å². The van der Waals surface area contributed by atoms with Crippen molar-refractivity contribution in [2.75, 3.05) is 0 Å². The molecule has 1 atom stereocenters. The number of carbonyl (C=O) groups excluding carboxylic acids is 1. The van der Waals surface area contributed by atoms with E-state index in [4.69, 9.17) is 0 Å². The average molecular weight is 183 g/mol. The molecule has 0 aromatic carbocycles. The summed E-state index contributed by atoms with van der Waals surface area (Å²) in [6.07, 6.45) is 3.33. The molecule has 1 fully saturated rings. The molecule has 0 spiro atoms. The van der Waals surface area contributed by atoms with Crippen LogP contribution in [0, 0.1) is 11.3 Å². The molecule has 2 heteroatoms. The number of rotatable bonds is 3. The molecule has 1 N–H and O–H groups in total. The van der Waals surface area contributed by atoms with Crippen LogP contribution in [0.15, 0.2) is 0 Å². The van der Waals surface area contributed by atoms with Gasteiger partial charge in [-0.25, -0.2) is 0 Å². The Balaban J connectivity index is 2.41. The van der Waals surface area contributed by atoms with E-state index in [0.29, 0.717) is 12.0 Å². The first-order chi connectivity index (χ1) is 5.96. The summed E-state index contributed by atoms with van der Waals surface area (Å²) in [6.45, 7) is 8.41. The maximum absolute atomic E-state index is 11.8. The Kier molecular flexibility index (Phi) is 2.99. The summed E-state index contributed by atoms with van der Waals surface area (Å²) < 4.78 is 0. The van der Waals surface area contributed by atoms with Crippen molar-refractivity contribution in [3.05, 3.63) is 0 Å². The predicted octanol–water partition coefficient (Wildman–Crippen LogP) is 2.34. The highest BCUT2D eigenvalue weighted by atomic mass is 16.2. The molecule has 76 valence electrons. The molecular formula is C11H21NO. The van der Waals surface area contributed by atoms with Crippen molar-refractivity contribution in [3.8, 4) is 0 Å². The molecule has 0 heterocycles. The van der Waals surface area contributed by atoms with E-state index in [-0.39, 0.29) is 11.3 Å². The molecule has 1 rings (SSSR count). The highest BCUT2D eigenvalue weighted by Gasteiger charge is 2.39. The van der Waals surface area contributed by atoms with Crippen molar-refractivity contribution in [3.63, 3.8) is 0 Å². The number of carbonyl (C=O) groups is 1. The second kappa shape index (κ2) is 3.69. The van der Waals surface area contributed by atoms with Gasteiger partial charge in [-0.1, -0.05) is 27.2 Å². The Morgan fingerprint density at radius 1 is 1.31 bits per heavy atom. The lowest BCUT2D eigenvalue weighted by Gasteiger charge is -2.37. The van der Waals surface area contributed by atoms with Crippen LogP contribution in [-0.4, -0.2) is 11.9 Å². The van der Waals surface area contributed by atoms with Gasteiger partial charge in [-0.15, -0.1) is 0 Å². The zero-order chi connectivity index (χ0) is 10.1. The van der Waals surface area contributed by atoms with Gasteiger partial charge < -0.3 is 5.32 Å². The van der Waals surface area contributed by atoms with E-state index in [1.807, 2.05) is 0 Å². The van der Waals surface area contributed by atoms with E-state index in [1.54, 1.807) is 0 Å². The number of hydrogen-bond acceptors (Lipinski definition) is 1. The molecule has 0 unspecified atom stereocenters. The average Bonchev–Trinajstić information content (AvgIpc) is 1.99. The third kappa shape index (κ3) is 2.23. The molecule has 1 aliphatic rings. The molecule has 0 radical (unpaired) electrons. The Labute approximate surface area is 81.1 Å². The second-order valence-corrected chi connectivity index (χ2v) is 4.92. The zero-order valence-corrected chi connectivity index (χ0v) is 9.18. The van der Waals surface area contributed by atoms with Crippen LogP contribution in [0.4, 0.5) is 0 Å². The summed E-state index contributed by atoms with van der Waals surface area (Å²) in [5.41, 5.74) is -0.0524. The number of nitrogens with one attached hydrogen (secondary N) is 1. The minimum Gasteiger partial charge on any atom is -0.353 e. The van der Waals surface area contributed by atoms with Crippen LogP contribution in [0.5, 0.6) is 0 Å². The summed E-state index contributed by atoms with van der Waals surface area (Å²) in [5, 5.41) is 3.08. The number of hydrogen-bond donors (Lipinski definition) is 1. The fourth-order valence-corrected chi connectivity index (χ4v) is 1.48. The molecule has 2 nitrogen and oxygen atoms in total. The van der Waals surface area contributed by atoms with Gasteiger partial charge >= 0.3 is 0 Å². The van der Waals surface area contributed by atoms with E-state index in [0.717, 1.165) is 12.8 Å². The summed E-state index contributed by atoms with van der Waals surface area (Å²) in [5.74, 6) is 0.771. The van der Waals surface area contributed by atoms with Gasteiger partial charge in [-0.2, -0.15) is 0 Å². The third-order valence-electron chi connectivity index (χ3n) is 3.36. The highest BCUT2D eigenvalue weighted by Crippen LogP contribution is 2.40. The van der Waals surface area contributed by atoms with Crippen LogP contribution in [0.2, 0.25) is 0 Å². The molecular weight excluding hydrogens is 162 g/mol. The Morgan fingerprint density at radius 3 is 2.15 bits per heavy atom. The molecule has 0 aromatic heterocycles. The maximum Gasteiger partial charge on any atom is 0.226 e. The van der Waals surface area contributed by atoms with Gasteiger partial charge in [0, 0.05) is 11.5 Å². The van der Waals surface area contributed by atoms with Gasteiger partial charge in [-0.05, 0) is 25.7 Å². The molecule has 0 aromatic rings. The molecule has 0 aliphatic heterocycles. The third-order valence-corrected chi connectivity index (χ3v) is 3.36. The molecule has 1 saturated carbocycles. The van der Waals surface area contributed by atoms with E-state index < -0.39 is 0 Å². The maximum atomic E-state index is 11.8. The standard InChI is InChI=1S/C11H21NO/c1-8(2)9(3)12-10(13)11(4)6-5-7-11/h8-9H,5-7H2,1-4H3,(H,12,13)/t9-/m1/s1. The smallest absolute Gasteiger partial charge is 0.226 e. The minimum atomic E-state index is -0.0524. The normalized spacial score (nSPS) is 22.2. The Hall–Kier alpha value is -0.530. The van der Waals surface area contributed by atoms with E-state index in [2.05, 4.69) is 33.0 Å². The summed E-state index contributed by atoms with van der Waals surface area (Å²) in [4.78, 5) is 11.8. The van der Waals surface area contributed by atoms with Crippen molar-refractivity contribution in [2.24, 2.45) is 11.3 Å². The highest BCUT2D eigenvalue weighted by molar-refractivity contribution is 5.83. The first-order valence-corrected chi connectivity index (χ1v) is 5.27. The van der Waals surface area contributed by atoms with Crippen molar-refractivity contribution in [1.82, 2.24) is 5.32 Å². The molecule has 1 aliphatic carbocycles. The van der Waals surface area contributed by atoms with Crippen molar-refractivity contribution in [2.45, 2.75) is 53.0 Å². The largest absolute Gasteiger partial charge is 0.353 e. The SMILES string of the molecule is CC(C)[C@@H](C)NC(=O)C1(C)CCC1. The van der Waals surface area contributed by atoms with E-state index in [1.165, 1.54) is 6.42 Å². The topological polar surface area (TPSA) is 29.1 Å². The lowest BCUT2D eigenvalue weighted by molar-refractivity contribution is -0.135. The van der Waals surface area contributed by atoms with E-state index >= 15 is 0 Å². The first-order valence-electron chi connectivity index (χ1n) is 5.27. The van der Waals surface area contributed by atoms with Gasteiger partial charge in [0.25, 0.3) is 0 Å². The first kappa shape index (κ1) is 10.6. The van der Waals surface area contributed by atoms with Crippen LogP contribution in [0.1, 0.15) is 47.0 Å². The monoisotopic (exact) mass is 183 g/mol. The van der Waals surface area contributed by atoms with E-state index in [9.17, 15) is 4.79 Å². The molecule has 13 heavy (non-hydrogen) atoms. The van der Waals surface area contributed by atoms with Crippen LogP contribution in [-0.2, 0) is 4.79 Å². The van der Waals surface area contributed by atoms with Crippen molar-refractivity contribution >= 4 is 5.91 Å². The molecule has 1 amide bonds. The van der Waals surface area contributed by atoms with Crippen LogP contribution >= 0.6 is 0 Å². The minimum absolute atomic E-state index is 0.0524. The lowest BCUT2D eigenvalue weighted by Crippen LogP contribution is -2.47. The fourth-order valence-electron chi connectivity index (χ4n) is 1.48. The quantitative estimate of drug-likeness (QED) is 0.715. The fraction of sp³-hybridized carbons (Fsp3) is 0.909. The van der Waals surface area contributed by atoms with Gasteiger partial charge in [0.1, 0.15) is 0 Å². The Bertz CT molecular complexity index is 194. The number of amides is 1. The molecule has 0 bridgehead atoms. The van der Waals surface area contributed by atoms with Crippen LogP contribution in [0.25, 0.3) is 0 Å². The van der Waals surface area contributed by atoms with Crippen LogP contribution < -0.4 is 5.32 Å². The second-order valence-electron chi connectivity index (χ2n) is 4.92. The zero-order valence-electron chi connectivity index (χ0n) is 9.18. The van der Waals surface area contributed by atoms with Gasteiger partial charge in [0.15, 0.2) is 0 Å². The molecule has 0 saturated heterocycles. The summed E-state index contributed by atoms with van der Waals surface area (Å²) in [6, 6.07) is 0.296. The van der Waals surface area contributed by atoms with Crippen molar-refractivity contribution < 1.29 is 4.79 Å². The van der Waals surface area contributed by atoms with Crippen LogP contribution in [0.3, 0.4) is 0 Å². The van der Waals surface area contributed by atoms with Gasteiger partial charge in [-0.3, -0.25) is 4.79 Å². The summed E-state index contributed by atoms with van der Waals surface area (Å²) in [7, 11) is 0. The lowest BCUT2D eigenvalue weighted by atomic mass is 9.69. The Morgan fingerprint density at radius 2 is 1.85 bits per heavy atom. The van der Waals surface area contributed by atoms with Gasteiger partial charge in [0.2, 0.25) is 5.91 Å². The predicted molar refractivity (Wildman–Crippen MR) is 54.4 cm³/mol.